The average Bonchev–Trinajstić information content (AvgIpc) is 2.60. The summed E-state index contributed by atoms with van der Waals surface area (Å²) in [6.07, 6.45) is 2.05. The third-order valence-electron chi connectivity index (χ3n) is 2.38. The van der Waals surface area contributed by atoms with Crippen molar-refractivity contribution in [3.63, 3.8) is 0 Å². The lowest BCUT2D eigenvalue weighted by atomic mass is 10.2. The normalized spacial score (nSPS) is 11.1. The fourth-order valence-electron chi connectivity index (χ4n) is 1.62. The molecule has 2 aromatic rings. The monoisotopic (exact) mass is 223 g/mol. The molecule has 15 heavy (non-hydrogen) atoms. The highest BCUT2D eigenvalue weighted by Crippen LogP contribution is 2.23. The Balaban J connectivity index is 2.16. The number of nitrogens with one attached hydrogen (secondary N) is 1. The van der Waals surface area contributed by atoms with Gasteiger partial charge in [-0.05, 0) is 44.3 Å². The molecule has 0 bridgehead atoms. The Labute approximate surface area is 94.2 Å². The number of aryl methyl sites for hydroxylation is 1. The van der Waals surface area contributed by atoms with Crippen LogP contribution in [0.5, 0.6) is 0 Å². The fraction of sp³-hybridized carbons (Fsp3) is 0.333. The molecule has 0 saturated carbocycles. The summed E-state index contributed by atoms with van der Waals surface area (Å²) in [5.41, 5.74) is 0.877. The zero-order valence-electron chi connectivity index (χ0n) is 8.72. The molecule has 1 N–H and O–H groups in total. The molecule has 2 rings (SSSR count). The summed E-state index contributed by atoms with van der Waals surface area (Å²) >= 11 is 5.88. The summed E-state index contributed by atoms with van der Waals surface area (Å²) < 4.78 is 5.68. The first-order valence-electron chi connectivity index (χ1n) is 5.12. The van der Waals surface area contributed by atoms with Gasteiger partial charge < -0.3 is 9.73 Å². The molecule has 0 aliphatic carbocycles. The quantitative estimate of drug-likeness (QED) is 0.806. The van der Waals surface area contributed by atoms with Crippen LogP contribution in [0.3, 0.4) is 0 Å². The van der Waals surface area contributed by atoms with Crippen LogP contribution in [-0.4, -0.2) is 13.6 Å². The summed E-state index contributed by atoms with van der Waals surface area (Å²) in [4.78, 5) is 0. The van der Waals surface area contributed by atoms with Gasteiger partial charge in [-0.3, -0.25) is 0 Å². The predicted octanol–water partition coefficient (Wildman–Crippen LogP) is 3.24. The van der Waals surface area contributed by atoms with E-state index in [1.54, 1.807) is 0 Å². The van der Waals surface area contributed by atoms with Gasteiger partial charge in [-0.1, -0.05) is 11.6 Å². The minimum Gasteiger partial charge on any atom is -0.461 e. The van der Waals surface area contributed by atoms with E-state index in [1.165, 1.54) is 0 Å². The van der Waals surface area contributed by atoms with Gasteiger partial charge in [0, 0.05) is 16.8 Å². The van der Waals surface area contributed by atoms with Crippen LogP contribution in [-0.2, 0) is 6.42 Å². The second-order valence-electron chi connectivity index (χ2n) is 3.60. The molecule has 0 unspecified atom stereocenters. The molecule has 3 heteroatoms. The molecule has 0 atom stereocenters. The van der Waals surface area contributed by atoms with Crippen LogP contribution in [0.2, 0.25) is 5.02 Å². The Morgan fingerprint density at radius 3 is 3.00 bits per heavy atom. The first-order valence-corrected chi connectivity index (χ1v) is 5.50. The van der Waals surface area contributed by atoms with Crippen LogP contribution in [0.25, 0.3) is 11.0 Å². The summed E-state index contributed by atoms with van der Waals surface area (Å²) in [6, 6.07) is 7.82. The predicted molar refractivity (Wildman–Crippen MR) is 63.5 cm³/mol. The van der Waals surface area contributed by atoms with Crippen molar-refractivity contribution in [2.75, 3.05) is 13.6 Å². The van der Waals surface area contributed by atoms with Gasteiger partial charge in [0.1, 0.15) is 11.3 Å². The smallest absolute Gasteiger partial charge is 0.135 e. The minimum absolute atomic E-state index is 0.721. The molecule has 0 fully saturated rings. The van der Waals surface area contributed by atoms with E-state index in [4.69, 9.17) is 16.0 Å². The molecule has 0 saturated heterocycles. The largest absolute Gasteiger partial charge is 0.461 e. The zero-order chi connectivity index (χ0) is 10.7. The number of halogens is 1. The SMILES string of the molecule is CNCCCc1cc2ccc(Cl)cc2o1. The molecule has 1 heterocycles. The Morgan fingerprint density at radius 2 is 2.20 bits per heavy atom. The van der Waals surface area contributed by atoms with Gasteiger partial charge >= 0.3 is 0 Å². The van der Waals surface area contributed by atoms with Crippen LogP contribution in [0, 0.1) is 0 Å². The Bertz CT molecular complexity index is 450. The molecular weight excluding hydrogens is 210 g/mol. The summed E-state index contributed by atoms with van der Waals surface area (Å²) in [5, 5.41) is 4.96. The Morgan fingerprint density at radius 1 is 1.33 bits per heavy atom. The van der Waals surface area contributed by atoms with Crippen molar-refractivity contribution in [3.8, 4) is 0 Å². The summed E-state index contributed by atoms with van der Waals surface area (Å²) in [5.74, 6) is 1.03. The highest BCUT2D eigenvalue weighted by molar-refractivity contribution is 6.31. The highest BCUT2D eigenvalue weighted by atomic mass is 35.5. The van der Waals surface area contributed by atoms with Crippen molar-refractivity contribution in [2.24, 2.45) is 0 Å². The van der Waals surface area contributed by atoms with E-state index in [-0.39, 0.29) is 0 Å². The van der Waals surface area contributed by atoms with Crippen LogP contribution in [0.1, 0.15) is 12.2 Å². The average molecular weight is 224 g/mol. The van der Waals surface area contributed by atoms with Crippen LogP contribution >= 0.6 is 11.6 Å². The molecule has 1 aromatic heterocycles. The maximum absolute atomic E-state index is 5.88. The van der Waals surface area contributed by atoms with Crippen molar-refractivity contribution in [1.82, 2.24) is 5.32 Å². The van der Waals surface area contributed by atoms with Gasteiger partial charge in [0.25, 0.3) is 0 Å². The standard InChI is InChI=1S/C12H14ClNO/c1-14-6-2-3-11-7-9-4-5-10(13)8-12(9)15-11/h4-5,7-8,14H,2-3,6H2,1H3. The lowest BCUT2D eigenvalue weighted by Gasteiger charge is -1.95. The summed E-state index contributed by atoms with van der Waals surface area (Å²) in [6.45, 7) is 1.01. The first kappa shape index (κ1) is 10.5. The lowest BCUT2D eigenvalue weighted by Crippen LogP contribution is -2.07. The molecular formula is C12H14ClNO. The number of hydrogen-bond donors (Lipinski definition) is 1. The number of benzene rings is 1. The van der Waals surface area contributed by atoms with Crippen molar-refractivity contribution < 1.29 is 4.42 Å². The molecule has 0 aliphatic heterocycles. The molecule has 0 aliphatic rings. The third-order valence-corrected chi connectivity index (χ3v) is 2.62. The van der Waals surface area contributed by atoms with Gasteiger partial charge in [0.05, 0.1) is 0 Å². The topological polar surface area (TPSA) is 25.2 Å². The van der Waals surface area contributed by atoms with E-state index < -0.39 is 0 Å². The Kier molecular flexibility index (Phi) is 3.29. The molecule has 2 nitrogen and oxygen atoms in total. The van der Waals surface area contributed by atoms with Gasteiger partial charge in [0.2, 0.25) is 0 Å². The second kappa shape index (κ2) is 4.69. The van der Waals surface area contributed by atoms with Gasteiger partial charge in [-0.2, -0.15) is 0 Å². The molecule has 0 amide bonds. The van der Waals surface area contributed by atoms with E-state index >= 15 is 0 Å². The van der Waals surface area contributed by atoms with E-state index in [0.717, 1.165) is 41.1 Å². The highest BCUT2D eigenvalue weighted by Gasteiger charge is 2.03. The van der Waals surface area contributed by atoms with Crippen molar-refractivity contribution in [3.05, 3.63) is 35.0 Å². The number of fused-ring (bicyclic) bond motifs is 1. The van der Waals surface area contributed by atoms with E-state index in [0.29, 0.717) is 0 Å². The molecule has 0 radical (unpaired) electrons. The molecule has 1 aromatic carbocycles. The van der Waals surface area contributed by atoms with Crippen molar-refractivity contribution in [2.45, 2.75) is 12.8 Å². The van der Waals surface area contributed by atoms with Gasteiger partial charge in [0.15, 0.2) is 0 Å². The van der Waals surface area contributed by atoms with Gasteiger partial charge in [-0.15, -0.1) is 0 Å². The number of furan rings is 1. The lowest BCUT2D eigenvalue weighted by molar-refractivity contribution is 0.534. The van der Waals surface area contributed by atoms with E-state index in [1.807, 2.05) is 25.2 Å². The van der Waals surface area contributed by atoms with Gasteiger partial charge in [-0.25, -0.2) is 0 Å². The Hall–Kier alpha value is -0.990. The first-order chi connectivity index (χ1) is 7.29. The molecule has 80 valence electrons. The van der Waals surface area contributed by atoms with E-state index in [9.17, 15) is 0 Å². The number of rotatable bonds is 4. The maximum atomic E-state index is 5.88. The number of hydrogen-bond acceptors (Lipinski definition) is 2. The fourth-order valence-corrected chi connectivity index (χ4v) is 1.78. The second-order valence-corrected chi connectivity index (χ2v) is 4.04. The van der Waals surface area contributed by atoms with Crippen molar-refractivity contribution >= 4 is 22.6 Å². The third kappa shape index (κ3) is 2.52. The van der Waals surface area contributed by atoms with Crippen molar-refractivity contribution in [1.29, 1.82) is 0 Å². The van der Waals surface area contributed by atoms with Crippen LogP contribution in [0.15, 0.2) is 28.7 Å². The van der Waals surface area contributed by atoms with E-state index in [2.05, 4.69) is 11.4 Å². The maximum Gasteiger partial charge on any atom is 0.135 e. The zero-order valence-corrected chi connectivity index (χ0v) is 9.47. The van der Waals surface area contributed by atoms with Crippen LogP contribution in [0.4, 0.5) is 0 Å². The minimum atomic E-state index is 0.721. The molecule has 0 spiro atoms. The summed E-state index contributed by atoms with van der Waals surface area (Å²) in [7, 11) is 1.96. The van der Waals surface area contributed by atoms with Crippen LogP contribution < -0.4 is 5.32 Å².